The van der Waals surface area contributed by atoms with Crippen LogP contribution >= 0.6 is 55.1 Å². The smallest absolute Gasteiger partial charge is 0.306 e. The Labute approximate surface area is 220 Å². The third kappa shape index (κ3) is 4.01. The van der Waals surface area contributed by atoms with Crippen molar-refractivity contribution < 1.29 is 13.5 Å². The van der Waals surface area contributed by atoms with Gasteiger partial charge in [-0.3, -0.25) is 0 Å². The molecular formula is C20H12Br2Cl2N6O3S. The van der Waals surface area contributed by atoms with E-state index in [1.54, 1.807) is 19.9 Å². The molecule has 0 aliphatic rings. The molecule has 4 aromatic rings. The van der Waals surface area contributed by atoms with Crippen molar-refractivity contribution in [3.05, 3.63) is 66.3 Å². The molecule has 0 aliphatic heterocycles. The minimum absolute atomic E-state index is 0.0248. The molecule has 4 rings (SSSR count). The number of aryl methyl sites for hydroxylation is 2. The van der Waals surface area contributed by atoms with Gasteiger partial charge in [-0.2, -0.15) is 18.7 Å². The van der Waals surface area contributed by atoms with E-state index in [2.05, 4.69) is 46.9 Å². The molecule has 0 fully saturated rings. The number of hydrogen-bond acceptors (Lipinski definition) is 7. The number of nitriles is 1. The van der Waals surface area contributed by atoms with Crippen LogP contribution in [-0.4, -0.2) is 33.1 Å². The van der Waals surface area contributed by atoms with E-state index in [0.717, 1.165) is 4.31 Å². The SMILES string of the molecule is Cc1cc(C)n2nc(S(=O)(=O)N(c3c(Cl)cccc3Cl)c3c(C#N)cc(Br)c(O)c3Br)nc2n1. The summed E-state index contributed by atoms with van der Waals surface area (Å²) in [6.45, 7) is 3.47. The van der Waals surface area contributed by atoms with Crippen molar-refractivity contribution in [2.75, 3.05) is 4.31 Å². The number of rotatable bonds is 4. The van der Waals surface area contributed by atoms with E-state index >= 15 is 0 Å². The molecule has 0 amide bonds. The Morgan fingerprint density at radius 1 is 1.12 bits per heavy atom. The van der Waals surface area contributed by atoms with Crippen LogP contribution in [0, 0.1) is 25.2 Å². The van der Waals surface area contributed by atoms with E-state index in [4.69, 9.17) is 23.2 Å². The van der Waals surface area contributed by atoms with Gasteiger partial charge in [0.05, 0.1) is 35.9 Å². The summed E-state index contributed by atoms with van der Waals surface area (Å²) >= 11 is 19.1. The lowest BCUT2D eigenvalue weighted by Crippen LogP contribution is -2.29. The first-order chi connectivity index (χ1) is 16.0. The van der Waals surface area contributed by atoms with Crippen LogP contribution in [0.1, 0.15) is 17.0 Å². The number of benzene rings is 2. The Kier molecular flexibility index (Phi) is 6.52. The van der Waals surface area contributed by atoms with Crippen LogP contribution in [0.3, 0.4) is 0 Å². The fraction of sp³-hybridized carbons (Fsp3) is 0.100. The number of fused-ring (bicyclic) bond motifs is 1. The molecule has 2 aromatic carbocycles. The molecule has 34 heavy (non-hydrogen) atoms. The zero-order chi connectivity index (χ0) is 24.9. The second-order valence-electron chi connectivity index (χ2n) is 7.01. The molecule has 0 atom stereocenters. The first-order valence-electron chi connectivity index (χ1n) is 9.28. The van der Waals surface area contributed by atoms with Gasteiger partial charge >= 0.3 is 10.0 Å². The number of phenolic OH excluding ortho intramolecular Hbond substituents is 1. The number of sulfonamides is 1. The van der Waals surface area contributed by atoms with Gasteiger partial charge in [-0.25, -0.2) is 13.8 Å². The summed E-state index contributed by atoms with van der Waals surface area (Å²) in [6, 6.07) is 9.35. The highest BCUT2D eigenvalue weighted by Crippen LogP contribution is 2.49. The molecule has 1 N–H and O–H groups in total. The van der Waals surface area contributed by atoms with E-state index in [-0.39, 0.29) is 47.5 Å². The van der Waals surface area contributed by atoms with Crippen molar-refractivity contribution in [2.24, 2.45) is 0 Å². The standard InChI is InChI=1S/C20H12Br2Cl2N6O3S/c1-9-6-10(2)29-19(26-9)27-20(28-29)34(32,33)30(17-13(23)4-3-5-14(17)24)16-11(8-25)7-12(21)18(31)15(16)22/h3-7,31H,1-2H3. The van der Waals surface area contributed by atoms with Crippen molar-refractivity contribution in [3.63, 3.8) is 0 Å². The highest BCUT2D eigenvalue weighted by molar-refractivity contribution is 9.11. The Morgan fingerprint density at radius 2 is 1.76 bits per heavy atom. The van der Waals surface area contributed by atoms with Gasteiger partial charge in [0.1, 0.15) is 11.8 Å². The molecule has 0 saturated heterocycles. The van der Waals surface area contributed by atoms with Crippen LogP contribution in [0.4, 0.5) is 11.4 Å². The molecule has 0 radical (unpaired) electrons. The molecule has 14 heteroatoms. The van der Waals surface area contributed by atoms with Gasteiger partial charge in [0.2, 0.25) is 0 Å². The number of phenols is 1. The number of anilines is 2. The van der Waals surface area contributed by atoms with Crippen LogP contribution in [0.25, 0.3) is 5.78 Å². The highest BCUT2D eigenvalue weighted by atomic mass is 79.9. The molecule has 0 spiro atoms. The minimum atomic E-state index is -4.65. The van der Waals surface area contributed by atoms with Crippen molar-refractivity contribution in [1.82, 2.24) is 19.6 Å². The quantitative estimate of drug-likeness (QED) is 0.303. The van der Waals surface area contributed by atoms with Crippen LogP contribution in [-0.2, 0) is 10.0 Å². The van der Waals surface area contributed by atoms with Crippen molar-refractivity contribution in [2.45, 2.75) is 19.0 Å². The first kappa shape index (κ1) is 24.7. The monoisotopic (exact) mass is 644 g/mol. The van der Waals surface area contributed by atoms with Gasteiger partial charge in [0.15, 0.2) is 0 Å². The zero-order valence-corrected chi connectivity index (χ0v) is 22.8. The number of aromatic hydroxyl groups is 1. The molecule has 2 heterocycles. The summed E-state index contributed by atoms with van der Waals surface area (Å²) < 4.78 is 30.2. The lowest BCUT2D eigenvalue weighted by molar-refractivity contribution is 0.468. The van der Waals surface area contributed by atoms with E-state index in [9.17, 15) is 18.8 Å². The third-order valence-electron chi connectivity index (χ3n) is 4.70. The molecule has 174 valence electrons. The van der Waals surface area contributed by atoms with Crippen LogP contribution in [0.2, 0.25) is 10.0 Å². The number of hydrogen-bond donors (Lipinski definition) is 1. The summed E-state index contributed by atoms with van der Waals surface area (Å²) in [4.78, 5) is 8.35. The van der Waals surface area contributed by atoms with Gasteiger partial charge < -0.3 is 5.11 Å². The summed E-state index contributed by atoms with van der Waals surface area (Å²) in [5.74, 6) is -0.270. The average molecular weight is 647 g/mol. The van der Waals surface area contributed by atoms with Gasteiger partial charge in [-0.1, -0.05) is 29.3 Å². The molecular weight excluding hydrogens is 635 g/mol. The predicted molar refractivity (Wildman–Crippen MR) is 134 cm³/mol. The molecule has 0 aliphatic carbocycles. The molecule has 0 unspecified atom stereocenters. The lowest BCUT2D eigenvalue weighted by Gasteiger charge is -2.27. The van der Waals surface area contributed by atoms with E-state index in [0.29, 0.717) is 11.4 Å². The largest absolute Gasteiger partial charge is 0.505 e. The second kappa shape index (κ2) is 8.98. The maximum atomic E-state index is 14.0. The van der Waals surface area contributed by atoms with Gasteiger partial charge in [-0.05, 0) is 70.0 Å². The summed E-state index contributed by atoms with van der Waals surface area (Å²) in [5, 5.41) is 23.8. The van der Waals surface area contributed by atoms with Crippen molar-refractivity contribution in [3.8, 4) is 11.8 Å². The Bertz CT molecular complexity index is 1620. The Morgan fingerprint density at radius 3 is 2.38 bits per heavy atom. The van der Waals surface area contributed by atoms with Gasteiger partial charge in [0, 0.05) is 11.4 Å². The number of nitrogens with zero attached hydrogens (tertiary/aromatic N) is 6. The Balaban J connectivity index is 2.12. The summed E-state index contributed by atoms with van der Waals surface area (Å²) in [5.41, 5.74) is 0.756. The first-order valence-corrected chi connectivity index (χ1v) is 13.1. The van der Waals surface area contributed by atoms with Crippen LogP contribution < -0.4 is 4.31 Å². The zero-order valence-electron chi connectivity index (χ0n) is 17.3. The fourth-order valence-electron chi connectivity index (χ4n) is 3.26. The maximum Gasteiger partial charge on any atom is 0.306 e. The molecule has 9 nitrogen and oxygen atoms in total. The highest BCUT2D eigenvalue weighted by Gasteiger charge is 2.37. The number of para-hydroxylation sites is 1. The topological polar surface area (TPSA) is 124 Å². The van der Waals surface area contributed by atoms with Crippen LogP contribution in [0.15, 0.2) is 44.4 Å². The van der Waals surface area contributed by atoms with E-state index < -0.39 is 15.2 Å². The van der Waals surface area contributed by atoms with Crippen molar-refractivity contribution >= 4 is 82.2 Å². The maximum absolute atomic E-state index is 14.0. The second-order valence-corrected chi connectivity index (χ2v) is 11.2. The lowest BCUT2D eigenvalue weighted by atomic mass is 10.1. The number of halogens is 4. The number of aromatic nitrogens is 4. The fourth-order valence-corrected chi connectivity index (χ4v) is 6.75. The van der Waals surface area contributed by atoms with E-state index in [1.165, 1.54) is 28.8 Å². The van der Waals surface area contributed by atoms with Crippen molar-refractivity contribution in [1.29, 1.82) is 5.26 Å². The van der Waals surface area contributed by atoms with Crippen LogP contribution in [0.5, 0.6) is 5.75 Å². The molecule has 2 aromatic heterocycles. The van der Waals surface area contributed by atoms with Gasteiger partial charge in [-0.15, -0.1) is 5.10 Å². The third-order valence-corrected chi connectivity index (χ3v) is 8.15. The predicted octanol–water partition coefficient (Wildman–Crippen LogP) is 5.68. The minimum Gasteiger partial charge on any atom is -0.505 e. The summed E-state index contributed by atoms with van der Waals surface area (Å²) in [7, 11) is -4.65. The molecule has 0 saturated carbocycles. The van der Waals surface area contributed by atoms with E-state index in [1.807, 2.05) is 6.07 Å². The molecule has 0 bridgehead atoms. The Hall–Kier alpha value is -2.43. The average Bonchev–Trinajstić information content (AvgIpc) is 3.20. The normalized spacial score (nSPS) is 11.6. The summed E-state index contributed by atoms with van der Waals surface area (Å²) in [6.07, 6.45) is 0. The van der Waals surface area contributed by atoms with Gasteiger partial charge in [0.25, 0.3) is 10.9 Å².